The number of carbonyl (C=O) groups excluding carboxylic acids is 1. The van der Waals surface area contributed by atoms with Crippen LogP contribution in [0.25, 0.3) is 0 Å². The minimum absolute atomic E-state index is 0.0197. The van der Waals surface area contributed by atoms with Crippen LogP contribution >= 0.6 is 0 Å². The second-order valence-electron chi connectivity index (χ2n) is 7.96. The van der Waals surface area contributed by atoms with Crippen LogP contribution in [0.2, 0.25) is 0 Å². The Balaban J connectivity index is 1.72. The van der Waals surface area contributed by atoms with Gasteiger partial charge in [0.05, 0.1) is 0 Å². The average Bonchev–Trinajstić information content (AvgIpc) is 2.84. The summed E-state index contributed by atoms with van der Waals surface area (Å²) in [6.07, 6.45) is 13.2. The van der Waals surface area contributed by atoms with E-state index in [1.165, 1.54) is 37.7 Å². The largest absolute Gasteiger partial charge is 0.299 e. The normalized spacial score (nSPS) is 45.7. The highest BCUT2D eigenvalue weighted by atomic mass is 16.1. The van der Waals surface area contributed by atoms with Crippen LogP contribution in [-0.4, -0.2) is 5.78 Å². The van der Waals surface area contributed by atoms with Crippen molar-refractivity contribution in [3.8, 4) is 0 Å². The molecule has 0 aromatic carbocycles. The van der Waals surface area contributed by atoms with Crippen LogP contribution in [0.15, 0.2) is 23.8 Å². The molecular weight excluding hydrogens is 256 g/mol. The summed E-state index contributed by atoms with van der Waals surface area (Å²) in [5, 5.41) is 0. The average molecular weight is 284 g/mol. The van der Waals surface area contributed by atoms with E-state index in [-0.39, 0.29) is 5.41 Å². The van der Waals surface area contributed by atoms with Crippen LogP contribution < -0.4 is 0 Å². The van der Waals surface area contributed by atoms with Crippen LogP contribution in [0.1, 0.15) is 64.7 Å². The van der Waals surface area contributed by atoms with E-state index in [9.17, 15) is 4.79 Å². The number of fused-ring (bicyclic) bond motifs is 5. The minimum Gasteiger partial charge on any atom is -0.299 e. The smallest absolute Gasteiger partial charge is 0.139 e. The molecule has 0 N–H and O–H groups in total. The molecule has 0 amide bonds. The first-order valence-corrected chi connectivity index (χ1v) is 9.07. The van der Waals surface area contributed by atoms with E-state index in [0.29, 0.717) is 17.6 Å². The fourth-order valence-corrected chi connectivity index (χ4v) is 6.49. The maximum atomic E-state index is 12.6. The van der Waals surface area contributed by atoms with E-state index in [1.54, 1.807) is 5.57 Å². The highest BCUT2D eigenvalue weighted by Crippen LogP contribution is 2.63. The number of allylic oxidation sites excluding steroid dienone is 3. The zero-order chi connectivity index (χ0) is 14.6. The van der Waals surface area contributed by atoms with E-state index < -0.39 is 0 Å². The third kappa shape index (κ3) is 1.79. The topological polar surface area (TPSA) is 17.1 Å². The van der Waals surface area contributed by atoms with E-state index >= 15 is 0 Å². The Morgan fingerprint density at radius 1 is 1.29 bits per heavy atom. The second kappa shape index (κ2) is 4.83. The van der Waals surface area contributed by atoms with Crippen LogP contribution in [-0.2, 0) is 4.79 Å². The summed E-state index contributed by atoms with van der Waals surface area (Å²) < 4.78 is 0. The number of Topliss-reactive ketones (excluding diaryl/α,β-unsaturated/α-hetero) is 1. The highest BCUT2D eigenvalue weighted by molar-refractivity contribution is 5.88. The summed E-state index contributed by atoms with van der Waals surface area (Å²) in [5.74, 6) is 3.43. The Labute approximate surface area is 128 Å². The fourth-order valence-electron chi connectivity index (χ4n) is 6.49. The molecule has 1 nitrogen and oxygen atoms in total. The maximum absolute atomic E-state index is 12.6. The molecule has 3 fully saturated rings. The van der Waals surface area contributed by atoms with Gasteiger partial charge in [-0.3, -0.25) is 4.79 Å². The van der Waals surface area contributed by atoms with Crippen LogP contribution in [0.5, 0.6) is 0 Å². The molecular formula is C20H28O. The van der Waals surface area contributed by atoms with Crippen LogP contribution in [0.4, 0.5) is 0 Å². The van der Waals surface area contributed by atoms with E-state index in [4.69, 9.17) is 0 Å². The van der Waals surface area contributed by atoms with Crippen molar-refractivity contribution < 1.29 is 4.79 Å². The first kappa shape index (κ1) is 13.8. The molecule has 0 aromatic heterocycles. The molecule has 0 aliphatic heterocycles. The number of carbonyl (C=O) groups is 1. The predicted octanol–water partition coefficient (Wildman–Crippen LogP) is 5.07. The molecule has 21 heavy (non-hydrogen) atoms. The van der Waals surface area contributed by atoms with Gasteiger partial charge < -0.3 is 0 Å². The Morgan fingerprint density at radius 3 is 2.95 bits per heavy atom. The van der Waals surface area contributed by atoms with Crippen molar-refractivity contribution in [3.05, 3.63) is 23.8 Å². The molecule has 0 bridgehead atoms. The lowest BCUT2D eigenvalue weighted by Gasteiger charge is -2.54. The zero-order valence-corrected chi connectivity index (χ0v) is 13.4. The lowest BCUT2D eigenvalue weighted by Crippen LogP contribution is -2.48. The summed E-state index contributed by atoms with van der Waals surface area (Å²) in [6.45, 7) is 6.73. The summed E-state index contributed by atoms with van der Waals surface area (Å²) in [5.41, 5.74) is 3.14. The monoisotopic (exact) mass is 284 g/mol. The molecule has 5 atom stereocenters. The number of hydrogen-bond donors (Lipinski definition) is 0. The third-order valence-corrected chi connectivity index (χ3v) is 7.37. The molecule has 2 unspecified atom stereocenters. The van der Waals surface area contributed by atoms with Gasteiger partial charge in [-0.2, -0.15) is 0 Å². The van der Waals surface area contributed by atoms with Crippen molar-refractivity contribution in [2.75, 3.05) is 0 Å². The molecule has 3 saturated carbocycles. The predicted molar refractivity (Wildman–Crippen MR) is 85.9 cm³/mol. The summed E-state index contributed by atoms with van der Waals surface area (Å²) >= 11 is 0. The Kier molecular flexibility index (Phi) is 3.17. The lowest BCUT2D eigenvalue weighted by molar-refractivity contribution is -0.130. The van der Waals surface area contributed by atoms with E-state index in [1.807, 2.05) is 0 Å². The molecule has 0 saturated heterocycles. The van der Waals surface area contributed by atoms with Gasteiger partial charge in [0.15, 0.2) is 0 Å². The lowest BCUT2D eigenvalue weighted by atomic mass is 9.50. The maximum Gasteiger partial charge on any atom is 0.139 e. The first-order valence-electron chi connectivity index (χ1n) is 9.07. The quantitative estimate of drug-likeness (QED) is 0.614. The molecule has 0 aromatic rings. The van der Waals surface area contributed by atoms with Crippen molar-refractivity contribution in [1.82, 2.24) is 0 Å². The van der Waals surface area contributed by atoms with Crippen molar-refractivity contribution >= 4 is 5.78 Å². The van der Waals surface area contributed by atoms with Gasteiger partial charge in [-0.05, 0) is 75.0 Å². The number of hydrogen-bond acceptors (Lipinski definition) is 1. The molecule has 4 rings (SSSR count). The van der Waals surface area contributed by atoms with Crippen molar-refractivity contribution in [2.24, 2.45) is 29.1 Å². The Hall–Kier alpha value is -0.850. The van der Waals surface area contributed by atoms with Gasteiger partial charge in [-0.15, -0.1) is 0 Å². The molecule has 114 valence electrons. The third-order valence-electron chi connectivity index (χ3n) is 7.37. The van der Waals surface area contributed by atoms with Crippen LogP contribution in [0.3, 0.4) is 0 Å². The number of rotatable bonds is 1. The summed E-state index contributed by atoms with van der Waals surface area (Å²) in [4.78, 5) is 12.6. The van der Waals surface area contributed by atoms with Crippen molar-refractivity contribution in [3.63, 3.8) is 0 Å². The summed E-state index contributed by atoms with van der Waals surface area (Å²) in [7, 11) is 0. The number of ketones is 1. The minimum atomic E-state index is -0.0197. The van der Waals surface area contributed by atoms with Crippen LogP contribution in [0, 0.1) is 29.1 Å². The second-order valence-corrected chi connectivity index (χ2v) is 7.96. The first-order chi connectivity index (χ1) is 10.2. The summed E-state index contributed by atoms with van der Waals surface area (Å²) in [6, 6.07) is 0. The van der Waals surface area contributed by atoms with E-state index in [2.05, 4.69) is 19.6 Å². The Morgan fingerprint density at radius 2 is 2.14 bits per heavy atom. The highest BCUT2D eigenvalue weighted by Gasteiger charge is 2.58. The SMILES string of the molecule is C=C1C[C@@]2(CC)C(=O)CCC2[C@H]2CCC3=CCCC[C@H]3C12. The van der Waals surface area contributed by atoms with Gasteiger partial charge in [-0.1, -0.05) is 30.7 Å². The molecule has 0 radical (unpaired) electrons. The van der Waals surface area contributed by atoms with Gasteiger partial charge in [0.25, 0.3) is 0 Å². The van der Waals surface area contributed by atoms with Crippen molar-refractivity contribution in [2.45, 2.75) is 64.7 Å². The fraction of sp³-hybridized carbons (Fsp3) is 0.750. The Bertz CT molecular complexity index is 514. The standard InChI is InChI=1S/C20H28O/c1-3-20-12-13(2)19-15-7-5-4-6-14(15)8-9-16(19)17(20)10-11-18(20)21/h6,15-17,19H,2-5,7-12H2,1H3/t15-,16-,17?,19?,20-/m1/s1. The van der Waals surface area contributed by atoms with Gasteiger partial charge in [-0.25, -0.2) is 0 Å². The molecule has 0 heterocycles. The molecule has 4 aliphatic carbocycles. The van der Waals surface area contributed by atoms with Gasteiger partial charge in [0.2, 0.25) is 0 Å². The molecule has 0 spiro atoms. The zero-order valence-electron chi connectivity index (χ0n) is 13.4. The molecule has 4 aliphatic rings. The van der Waals surface area contributed by atoms with E-state index in [0.717, 1.165) is 37.5 Å². The van der Waals surface area contributed by atoms with Gasteiger partial charge in [0, 0.05) is 11.8 Å². The molecule has 1 heteroatoms. The van der Waals surface area contributed by atoms with Crippen molar-refractivity contribution in [1.29, 1.82) is 0 Å². The van der Waals surface area contributed by atoms with Gasteiger partial charge >= 0.3 is 0 Å². The van der Waals surface area contributed by atoms with Gasteiger partial charge in [0.1, 0.15) is 5.78 Å².